The summed E-state index contributed by atoms with van der Waals surface area (Å²) in [7, 11) is 1.68. The number of nitrogens with one attached hydrogen (secondary N) is 1. The predicted octanol–water partition coefficient (Wildman–Crippen LogP) is 4.49. The molecule has 0 aromatic heterocycles. The maximum Gasteiger partial charge on any atom is 0.119 e. The Kier molecular flexibility index (Phi) is 5.89. The molecule has 0 spiro atoms. The fourth-order valence-corrected chi connectivity index (χ4v) is 2.53. The van der Waals surface area contributed by atoms with Crippen LogP contribution in [0.4, 0.5) is 0 Å². The fraction of sp³-hybridized carbons (Fsp3) is 0.250. The van der Waals surface area contributed by atoms with E-state index in [0.29, 0.717) is 5.88 Å². The van der Waals surface area contributed by atoms with Gasteiger partial charge < -0.3 is 10.1 Å². The summed E-state index contributed by atoms with van der Waals surface area (Å²) < 4.78 is 6.33. The molecule has 20 heavy (non-hydrogen) atoms. The Bertz CT molecular complexity index is 574. The van der Waals surface area contributed by atoms with Crippen molar-refractivity contribution in [1.82, 2.24) is 5.32 Å². The van der Waals surface area contributed by atoms with E-state index in [9.17, 15) is 0 Å². The van der Waals surface area contributed by atoms with Crippen LogP contribution < -0.4 is 10.1 Å². The minimum Gasteiger partial charge on any atom is -0.497 e. The van der Waals surface area contributed by atoms with E-state index < -0.39 is 0 Å². The third-order valence-corrected chi connectivity index (χ3v) is 4.13. The molecule has 0 bridgehead atoms. The second-order valence-corrected chi connectivity index (χ2v) is 5.64. The molecular formula is C16H17BrClNO. The van der Waals surface area contributed by atoms with Crippen LogP contribution in [0.3, 0.4) is 0 Å². The molecule has 106 valence electrons. The third-order valence-electron chi connectivity index (χ3n) is 3.04. The van der Waals surface area contributed by atoms with E-state index in [-0.39, 0.29) is 0 Å². The molecule has 0 atom stereocenters. The van der Waals surface area contributed by atoms with Crippen molar-refractivity contribution in [3.05, 3.63) is 63.6 Å². The zero-order valence-corrected chi connectivity index (χ0v) is 13.7. The highest BCUT2D eigenvalue weighted by Crippen LogP contribution is 2.22. The molecule has 0 aliphatic heterocycles. The van der Waals surface area contributed by atoms with Crippen molar-refractivity contribution in [1.29, 1.82) is 0 Å². The first-order valence-electron chi connectivity index (χ1n) is 6.40. The van der Waals surface area contributed by atoms with E-state index in [1.807, 2.05) is 30.3 Å². The molecule has 0 radical (unpaired) electrons. The molecule has 2 rings (SSSR count). The van der Waals surface area contributed by atoms with Crippen LogP contribution in [-0.2, 0) is 19.0 Å². The van der Waals surface area contributed by atoms with Crippen LogP contribution in [0.25, 0.3) is 0 Å². The van der Waals surface area contributed by atoms with Gasteiger partial charge in [0.1, 0.15) is 5.75 Å². The predicted molar refractivity (Wildman–Crippen MR) is 87.2 cm³/mol. The summed E-state index contributed by atoms with van der Waals surface area (Å²) in [6, 6.07) is 14.3. The van der Waals surface area contributed by atoms with Crippen LogP contribution in [0.1, 0.15) is 16.7 Å². The number of methoxy groups -OCH3 is 1. The highest BCUT2D eigenvalue weighted by atomic mass is 79.9. The van der Waals surface area contributed by atoms with Gasteiger partial charge in [0.15, 0.2) is 0 Å². The van der Waals surface area contributed by atoms with Gasteiger partial charge in [0.25, 0.3) is 0 Å². The molecule has 0 aliphatic carbocycles. The summed E-state index contributed by atoms with van der Waals surface area (Å²) in [5, 5.41) is 3.43. The number of rotatable bonds is 6. The molecule has 0 aliphatic rings. The second kappa shape index (κ2) is 7.67. The van der Waals surface area contributed by atoms with Crippen molar-refractivity contribution < 1.29 is 4.74 Å². The van der Waals surface area contributed by atoms with Gasteiger partial charge in [0.2, 0.25) is 0 Å². The Morgan fingerprint density at radius 1 is 1.10 bits per heavy atom. The van der Waals surface area contributed by atoms with Crippen LogP contribution in [0.15, 0.2) is 46.9 Å². The van der Waals surface area contributed by atoms with E-state index in [0.717, 1.165) is 28.9 Å². The van der Waals surface area contributed by atoms with Crippen molar-refractivity contribution in [3.8, 4) is 5.75 Å². The first-order chi connectivity index (χ1) is 9.72. The summed E-state index contributed by atoms with van der Waals surface area (Å²) in [6.45, 7) is 1.59. The van der Waals surface area contributed by atoms with Crippen molar-refractivity contribution in [2.75, 3.05) is 7.11 Å². The molecule has 0 heterocycles. The van der Waals surface area contributed by atoms with Crippen molar-refractivity contribution in [2.24, 2.45) is 0 Å². The number of alkyl halides is 1. The fourth-order valence-electron chi connectivity index (χ4n) is 1.98. The molecule has 2 aromatic rings. The number of hydrogen-bond donors (Lipinski definition) is 1. The molecule has 0 saturated heterocycles. The maximum absolute atomic E-state index is 5.84. The molecule has 4 heteroatoms. The topological polar surface area (TPSA) is 21.3 Å². The minimum absolute atomic E-state index is 0.551. The lowest BCUT2D eigenvalue weighted by molar-refractivity contribution is 0.414. The standard InChI is InChI=1S/C16H17BrClNO/c1-20-15-5-6-16(17)14(8-15)11-19-10-13-4-2-3-12(7-13)9-18/h2-8,19H,9-11H2,1H3. The van der Waals surface area contributed by atoms with Gasteiger partial charge in [-0.05, 0) is 34.9 Å². The van der Waals surface area contributed by atoms with Crippen LogP contribution >= 0.6 is 27.5 Å². The van der Waals surface area contributed by atoms with E-state index in [4.69, 9.17) is 16.3 Å². The summed E-state index contributed by atoms with van der Waals surface area (Å²) >= 11 is 9.40. The van der Waals surface area contributed by atoms with E-state index in [1.165, 1.54) is 11.1 Å². The lowest BCUT2D eigenvalue weighted by Crippen LogP contribution is -2.13. The smallest absolute Gasteiger partial charge is 0.119 e. The highest BCUT2D eigenvalue weighted by molar-refractivity contribution is 9.10. The van der Waals surface area contributed by atoms with Crippen molar-refractivity contribution in [3.63, 3.8) is 0 Å². The molecule has 0 unspecified atom stereocenters. The van der Waals surface area contributed by atoms with E-state index >= 15 is 0 Å². The molecule has 2 aromatic carbocycles. The van der Waals surface area contributed by atoms with Gasteiger partial charge in [-0.2, -0.15) is 0 Å². The highest BCUT2D eigenvalue weighted by Gasteiger charge is 2.02. The van der Waals surface area contributed by atoms with Gasteiger partial charge in [-0.3, -0.25) is 0 Å². The van der Waals surface area contributed by atoms with E-state index in [1.54, 1.807) is 7.11 Å². The first kappa shape index (κ1) is 15.4. The van der Waals surface area contributed by atoms with Gasteiger partial charge in [0.05, 0.1) is 7.11 Å². The number of benzene rings is 2. The van der Waals surface area contributed by atoms with Gasteiger partial charge >= 0.3 is 0 Å². The largest absolute Gasteiger partial charge is 0.497 e. The van der Waals surface area contributed by atoms with Gasteiger partial charge in [-0.1, -0.05) is 40.2 Å². The number of hydrogen-bond acceptors (Lipinski definition) is 2. The molecule has 0 amide bonds. The Hall–Kier alpha value is -1.03. The number of ether oxygens (including phenoxy) is 1. The van der Waals surface area contributed by atoms with Crippen LogP contribution in [0.2, 0.25) is 0 Å². The average molecular weight is 355 g/mol. The molecule has 1 N–H and O–H groups in total. The number of halogens is 2. The third kappa shape index (κ3) is 4.23. The normalized spacial score (nSPS) is 10.6. The summed E-state index contributed by atoms with van der Waals surface area (Å²) in [4.78, 5) is 0. The van der Waals surface area contributed by atoms with Gasteiger partial charge in [0, 0.05) is 23.4 Å². The average Bonchev–Trinajstić information content (AvgIpc) is 2.49. The Morgan fingerprint density at radius 3 is 2.65 bits per heavy atom. The Balaban J connectivity index is 1.95. The lowest BCUT2D eigenvalue weighted by atomic mass is 10.1. The molecule has 0 saturated carbocycles. The summed E-state index contributed by atoms with van der Waals surface area (Å²) in [5.74, 6) is 1.42. The summed E-state index contributed by atoms with van der Waals surface area (Å²) in [5.41, 5.74) is 3.56. The minimum atomic E-state index is 0.551. The van der Waals surface area contributed by atoms with E-state index in [2.05, 4.69) is 33.4 Å². The van der Waals surface area contributed by atoms with Crippen LogP contribution in [-0.4, -0.2) is 7.11 Å². The Labute approximate surface area is 133 Å². The van der Waals surface area contributed by atoms with Crippen LogP contribution in [0, 0.1) is 0 Å². The second-order valence-electron chi connectivity index (χ2n) is 4.51. The zero-order valence-electron chi connectivity index (χ0n) is 11.3. The summed E-state index contributed by atoms with van der Waals surface area (Å²) in [6.07, 6.45) is 0. The zero-order chi connectivity index (χ0) is 14.4. The monoisotopic (exact) mass is 353 g/mol. The Morgan fingerprint density at radius 2 is 1.90 bits per heavy atom. The van der Waals surface area contributed by atoms with Gasteiger partial charge in [-0.15, -0.1) is 11.6 Å². The lowest BCUT2D eigenvalue weighted by Gasteiger charge is -2.09. The molecular weight excluding hydrogens is 338 g/mol. The first-order valence-corrected chi connectivity index (χ1v) is 7.72. The SMILES string of the molecule is COc1ccc(Br)c(CNCc2cccc(CCl)c2)c1. The van der Waals surface area contributed by atoms with Crippen molar-refractivity contribution >= 4 is 27.5 Å². The maximum atomic E-state index is 5.84. The molecule has 0 fully saturated rings. The van der Waals surface area contributed by atoms with Crippen molar-refractivity contribution in [2.45, 2.75) is 19.0 Å². The van der Waals surface area contributed by atoms with Crippen LogP contribution in [0.5, 0.6) is 5.75 Å². The molecule has 2 nitrogen and oxygen atoms in total. The van der Waals surface area contributed by atoms with Gasteiger partial charge in [-0.25, -0.2) is 0 Å². The quantitative estimate of drug-likeness (QED) is 0.772.